The molecule has 0 saturated heterocycles. The number of aromatic nitrogens is 2. The molecule has 3 aromatic rings. The van der Waals surface area contributed by atoms with E-state index in [1.807, 2.05) is 18.2 Å². The molecule has 19 heavy (non-hydrogen) atoms. The summed E-state index contributed by atoms with van der Waals surface area (Å²) < 4.78 is 0. The Morgan fingerprint density at radius 1 is 1.37 bits per heavy atom. The number of fused-ring (bicyclic) bond motifs is 1. The molecular weight excluding hydrogens is 258 g/mol. The van der Waals surface area contributed by atoms with E-state index in [0.717, 1.165) is 16.1 Å². The van der Waals surface area contributed by atoms with Gasteiger partial charge in [-0.15, -0.1) is 11.3 Å². The van der Waals surface area contributed by atoms with Gasteiger partial charge in [0.1, 0.15) is 4.83 Å². The summed E-state index contributed by atoms with van der Waals surface area (Å²) in [5, 5.41) is 0.614. The molecule has 0 unspecified atom stereocenters. The number of aryl methyl sites for hydroxylation is 1. The van der Waals surface area contributed by atoms with Gasteiger partial charge in [-0.25, -0.2) is 0 Å². The number of anilines is 1. The van der Waals surface area contributed by atoms with Gasteiger partial charge in [-0.1, -0.05) is 24.3 Å². The van der Waals surface area contributed by atoms with Crippen LogP contribution in [0, 0.1) is 6.92 Å². The van der Waals surface area contributed by atoms with Gasteiger partial charge in [0.05, 0.1) is 5.39 Å². The number of hydrogen-bond donors (Lipinski definition) is 2. The second kappa shape index (κ2) is 4.51. The highest BCUT2D eigenvalue weighted by Gasteiger charge is 2.08. The predicted octanol–water partition coefficient (Wildman–Crippen LogP) is 2.47. The lowest BCUT2D eigenvalue weighted by atomic mass is 10.1. The number of thiophene rings is 1. The maximum atomic E-state index is 11.7. The second-order valence-corrected chi connectivity index (χ2v) is 5.62. The number of H-pyrrole nitrogens is 1. The van der Waals surface area contributed by atoms with Crippen molar-refractivity contribution in [3.63, 3.8) is 0 Å². The molecule has 4 nitrogen and oxygen atoms in total. The van der Waals surface area contributed by atoms with Crippen molar-refractivity contribution in [2.24, 2.45) is 0 Å². The first-order valence-electron chi connectivity index (χ1n) is 5.96. The van der Waals surface area contributed by atoms with Crippen LogP contribution in [-0.2, 0) is 6.42 Å². The molecular formula is C14H13N3OS. The molecule has 0 aliphatic heterocycles. The summed E-state index contributed by atoms with van der Waals surface area (Å²) in [7, 11) is 0. The Kier molecular flexibility index (Phi) is 2.83. The second-order valence-electron chi connectivity index (χ2n) is 4.49. The number of aromatic amines is 1. The van der Waals surface area contributed by atoms with Crippen molar-refractivity contribution >= 4 is 27.5 Å². The lowest BCUT2D eigenvalue weighted by Crippen LogP contribution is -2.09. The van der Waals surface area contributed by atoms with Crippen LogP contribution in [0.4, 0.5) is 5.95 Å². The summed E-state index contributed by atoms with van der Waals surface area (Å²) in [6, 6.07) is 10.2. The maximum absolute atomic E-state index is 11.7. The summed E-state index contributed by atoms with van der Waals surface area (Å²) >= 11 is 1.55. The van der Waals surface area contributed by atoms with Crippen molar-refractivity contribution in [3.8, 4) is 0 Å². The molecule has 5 heteroatoms. The smallest absolute Gasteiger partial charge is 0.283 e. The van der Waals surface area contributed by atoms with Crippen molar-refractivity contribution < 1.29 is 0 Å². The van der Waals surface area contributed by atoms with Crippen molar-refractivity contribution in [2.75, 3.05) is 5.73 Å². The summed E-state index contributed by atoms with van der Waals surface area (Å²) in [5.74, 6) is 0.168. The largest absolute Gasteiger partial charge is 0.369 e. The Labute approximate surface area is 113 Å². The molecule has 3 N–H and O–H groups in total. The Morgan fingerprint density at radius 3 is 2.95 bits per heavy atom. The molecule has 2 aromatic heterocycles. The Balaban J connectivity index is 2.05. The summed E-state index contributed by atoms with van der Waals surface area (Å²) in [6.07, 6.45) is 0.819. The molecule has 0 aliphatic carbocycles. The van der Waals surface area contributed by atoms with Crippen LogP contribution in [0.3, 0.4) is 0 Å². The minimum absolute atomic E-state index is 0.168. The number of hydrogen-bond acceptors (Lipinski definition) is 4. The van der Waals surface area contributed by atoms with Gasteiger partial charge in [0.2, 0.25) is 5.95 Å². The number of nitrogens with one attached hydrogen (secondary N) is 1. The van der Waals surface area contributed by atoms with Crippen molar-refractivity contribution in [1.29, 1.82) is 0 Å². The van der Waals surface area contributed by atoms with E-state index in [1.54, 1.807) is 11.3 Å². The Morgan fingerprint density at radius 2 is 2.16 bits per heavy atom. The van der Waals surface area contributed by atoms with Crippen molar-refractivity contribution in [2.45, 2.75) is 13.3 Å². The topological polar surface area (TPSA) is 71.8 Å². The first-order valence-corrected chi connectivity index (χ1v) is 6.78. The molecule has 96 valence electrons. The molecule has 0 radical (unpaired) electrons. The Hall–Kier alpha value is -2.14. The van der Waals surface area contributed by atoms with Gasteiger partial charge in [0.25, 0.3) is 5.56 Å². The average Bonchev–Trinajstić information content (AvgIpc) is 2.75. The molecule has 0 amide bonds. The first kappa shape index (κ1) is 11.9. The molecule has 0 fully saturated rings. The van der Waals surface area contributed by atoms with Crippen LogP contribution in [0.15, 0.2) is 35.1 Å². The fourth-order valence-corrected chi connectivity index (χ4v) is 3.17. The van der Waals surface area contributed by atoms with Gasteiger partial charge in [-0.05, 0) is 24.1 Å². The van der Waals surface area contributed by atoms with Gasteiger partial charge in [0, 0.05) is 11.3 Å². The molecule has 0 atom stereocenters. The van der Waals surface area contributed by atoms with Crippen molar-refractivity contribution in [1.82, 2.24) is 9.97 Å². The SMILES string of the molecule is Cc1ccccc1Cc1cc2c(=O)nc(N)[nH]c2s1. The van der Waals surface area contributed by atoms with E-state index in [1.165, 1.54) is 11.1 Å². The third-order valence-electron chi connectivity index (χ3n) is 3.10. The summed E-state index contributed by atoms with van der Waals surface area (Å²) in [5.41, 5.74) is 7.81. The maximum Gasteiger partial charge on any atom is 0.283 e. The van der Waals surface area contributed by atoms with Crippen LogP contribution >= 0.6 is 11.3 Å². The molecule has 0 aliphatic rings. The zero-order valence-corrected chi connectivity index (χ0v) is 11.3. The first-order chi connectivity index (χ1) is 9.13. The van der Waals surface area contributed by atoms with E-state index in [0.29, 0.717) is 5.39 Å². The zero-order chi connectivity index (χ0) is 13.4. The van der Waals surface area contributed by atoms with Gasteiger partial charge in [0.15, 0.2) is 0 Å². The number of nitrogens with zero attached hydrogens (tertiary/aromatic N) is 1. The number of rotatable bonds is 2. The van der Waals surface area contributed by atoms with Gasteiger partial charge in [-0.2, -0.15) is 4.98 Å². The third kappa shape index (κ3) is 2.24. The van der Waals surface area contributed by atoms with E-state index in [-0.39, 0.29) is 11.5 Å². The predicted molar refractivity (Wildman–Crippen MR) is 78.6 cm³/mol. The van der Waals surface area contributed by atoms with E-state index in [9.17, 15) is 4.79 Å². The van der Waals surface area contributed by atoms with Crippen LogP contribution < -0.4 is 11.3 Å². The molecule has 0 bridgehead atoms. The fourth-order valence-electron chi connectivity index (χ4n) is 2.09. The average molecular weight is 271 g/mol. The highest BCUT2D eigenvalue weighted by molar-refractivity contribution is 7.18. The van der Waals surface area contributed by atoms with Gasteiger partial charge >= 0.3 is 0 Å². The van der Waals surface area contributed by atoms with E-state index >= 15 is 0 Å². The van der Waals surface area contributed by atoms with Crippen LogP contribution in [0.25, 0.3) is 10.2 Å². The normalized spacial score (nSPS) is 11.0. The zero-order valence-electron chi connectivity index (χ0n) is 10.4. The van der Waals surface area contributed by atoms with Crippen LogP contribution in [0.2, 0.25) is 0 Å². The summed E-state index contributed by atoms with van der Waals surface area (Å²) in [4.78, 5) is 20.3. The number of benzene rings is 1. The van der Waals surface area contributed by atoms with Gasteiger partial charge < -0.3 is 10.7 Å². The molecule has 2 heterocycles. The molecule has 0 spiro atoms. The monoisotopic (exact) mass is 271 g/mol. The quantitative estimate of drug-likeness (QED) is 0.752. The highest BCUT2D eigenvalue weighted by Crippen LogP contribution is 2.24. The van der Waals surface area contributed by atoms with Crippen LogP contribution in [0.5, 0.6) is 0 Å². The summed E-state index contributed by atoms with van der Waals surface area (Å²) in [6.45, 7) is 2.09. The van der Waals surface area contributed by atoms with Gasteiger partial charge in [-0.3, -0.25) is 4.79 Å². The van der Waals surface area contributed by atoms with E-state index < -0.39 is 0 Å². The lowest BCUT2D eigenvalue weighted by molar-refractivity contribution is 1.19. The molecule has 3 rings (SSSR count). The van der Waals surface area contributed by atoms with Crippen LogP contribution in [-0.4, -0.2) is 9.97 Å². The Bertz CT molecular complexity index is 804. The fraction of sp³-hybridized carbons (Fsp3) is 0.143. The molecule has 1 aromatic carbocycles. The lowest BCUT2D eigenvalue weighted by Gasteiger charge is -2.02. The van der Waals surface area contributed by atoms with Crippen molar-refractivity contribution in [3.05, 3.63) is 56.7 Å². The minimum atomic E-state index is -0.265. The number of nitrogen functional groups attached to an aromatic ring is 1. The van der Waals surface area contributed by atoms with E-state index in [4.69, 9.17) is 5.73 Å². The third-order valence-corrected chi connectivity index (χ3v) is 4.15. The minimum Gasteiger partial charge on any atom is -0.369 e. The van der Waals surface area contributed by atoms with Crippen LogP contribution in [0.1, 0.15) is 16.0 Å². The standard InChI is InChI=1S/C14H13N3OS/c1-8-4-2-3-5-9(8)6-10-7-11-12(18)16-14(15)17-13(11)19-10/h2-5,7H,6H2,1H3,(H3,15,16,17,18). The van der Waals surface area contributed by atoms with E-state index in [2.05, 4.69) is 29.0 Å². The molecule has 0 saturated carbocycles. The number of nitrogens with two attached hydrogens (primary N) is 1. The highest BCUT2D eigenvalue weighted by atomic mass is 32.1.